The monoisotopic (exact) mass is 353 g/mol. The Morgan fingerprint density at radius 2 is 2.06 bits per heavy atom. The van der Waals surface area contributed by atoms with Gasteiger partial charge < -0.3 is 10.6 Å². The standard InChI is InChI=1S/C9H15N5S.HI/c1-6-5-7(12-8(10)15-4)13-9(11-6)14(2)3;/h5H,1-4H3,(H2,10,11,12,13);1H. The van der Waals surface area contributed by atoms with Crippen molar-refractivity contribution >= 4 is 52.7 Å². The van der Waals surface area contributed by atoms with E-state index in [9.17, 15) is 0 Å². The molecule has 2 N–H and O–H groups in total. The van der Waals surface area contributed by atoms with Crippen LogP contribution in [-0.2, 0) is 0 Å². The number of hydrogen-bond donors (Lipinski definition) is 1. The van der Waals surface area contributed by atoms with Gasteiger partial charge in [0.2, 0.25) is 5.95 Å². The number of rotatable bonds is 2. The van der Waals surface area contributed by atoms with Crippen molar-refractivity contribution < 1.29 is 0 Å². The maximum atomic E-state index is 5.62. The lowest BCUT2D eigenvalue weighted by molar-refractivity contribution is 0.975. The van der Waals surface area contributed by atoms with E-state index in [1.807, 2.05) is 32.2 Å². The highest BCUT2D eigenvalue weighted by molar-refractivity contribution is 14.0. The smallest absolute Gasteiger partial charge is 0.227 e. The van der Waals surface area contributed by atoms with Crippen molar-refractivity contribution in [1.82, 2.24) is 9.97 Å². The van der Waals surface area contributed by atoms with Gasteiger partial charge in [0, 0.05) is 25.9 Å². The summed E-state index contributed by atoms with van der Waals surface area (Å²) >= 11 is 1.39. The van der Waals surface area contributed by atoms with Crippen LogP contribution < -0.4 is 10.6 Å². The molecule has 0 unspecified atom stereocenters. The van der Waals surface area contributed by atoms with E-state index in [4.69, 9.17) is 5.73 Å². The van der Waals surface area contributed by atoms with Crippen LogP contribution in [0.2, 0.25) is 0 Å². The van der Waals surface area contributed by atoms with Gasteiger partial charge in [0.1, 0.15) is 0 Å². The number of aliphatic imine (C=N–C) groups is 1. The minimum Gasteiger partial charge on any atom is -0.378 e. The van der Waals surface area contributed by atoms with Crippen LogP contribution in [0.15, 0.2) is 11.1 Å². The largest absolute Gasteiger partial charge is 0.378 e. The van der Waals surface area contributed by atoms with E-state index in [2.05, 4.69) is 15.0 Å². The van der Waals surface area contributed by atoms with Crippen molar-refractivity contribution in [3.63, 3.8) is 0 Å². The van der Waals surface area contributed by atoms with E-state index in [0.29, 0.717) is 16.9 Å². The fraction of sp³-hybridized carbons (Fsp3) is 0.444. The van der Waals surface area contributed by atoms with Crippen molar-refractivity contribution in [1.29, 1.82) is 0 Å². The number of aromatic nitrogens is 2. The van der Waals surface area contributed by atoms with Crippen LogP contribution in [-0.4, -0.2) is 35.5 Å². The second-order valence-corrected chi connectivity index (χ2v) is 4.04. The van der Waals surface area contributed by atoms with Gasteiger partial charge >= 0.3 is 0 Å². The summed E-state index contributed by atoms with van der Waals surface area (Å²) in [5, 5.41) is 0.498. The van der Waals surface area contributed by atoms with Crippen molar-refractivity contribution in [2.45, 2.75) is 6.92 Å². The molecule has 1 aromatic heterocycles. The van der Waals surface area contributed by atoms with Crippen molar-refractivity contribution in [3.8, 4) is 0 Å². The number of anilines is 1. The Morgan fingerprint density at radius 3 is 2.56 bits per heavy atom. The van der Waals surface area contributed by atoms with Crippen LogP contribution in [0.4, 0.5) is 11.8 Å². The molecule has 0 atom stereocenters. The van der Waals surface area contributed by atoms with Crippen molar-refractivity contribution in [2.24, 2.45) is 10.7 Å². The Hall–Kier alpha value is -0.570. The summed E-state index contributed by atoms with van der Waals surface area (Å²) in [6, 6.07) is 1.80. The Balaban J connectivity index is 0.00000225. The van der Waals surface area contributed by atoms with Crippen LogP contribution in [0, 0.1) is 6.92 Å². The summed E-state index contributed by atoms with van der Waals surface area (Å²) in [7, 11) is 3.78. The first-order valence-electron chi connectivity index (χ1n) is 4.44. The van der Waals surface area contributed by atoms with Gasteiger partial charge in [-0.15, -0.1) is 24.0 Å². The quantitative estimate of drug-likeness (QED) is 0.499. The number of thioether (sulfide) groups is 1. The van der Waals surface area contributed by atoms with Gasteiger partial charge in [-0.2, -0.15) is 4.98 Å². The van der Waals surface area contributed by atoms with Crippen LogP contribution in [0.1, 0.15) is 5.69 Å². The second kappa shape index (κ2) is 6.89. The number of aryl methyl sites for hydroxylation is 1. The summed E-state index contributed by atoms with van der Waals surface area (Å²) in [6.45, 7) is 1.91. The normalized spacial score (nSPS) is 10.9. The number of hydrogen-bond acceptors (Lipinski definition) is 5. The van der Waals surface area contributed by atoms with Gasteiger partial charge in [-0.25, -0.2) is 9.98 Å². The first-order chi connectivity index (χ1) is 7.02. The van der Waals surface area contributed by atoms with E-state index in [1.54, 1.807) is 6.07 Å². The molecule has 90 valence electrons. The van der Waals surface area contributed by atoms with E-state index in [0.717, 1.165) is 5.69 Å². The molecule has 0 bridgehead atoms. The molecule has 0 aliphatic heterocycles. The first kappa shape index (κ1) is 15.4. The van der Waals surface area contributed by atoms with E-state index < -0.39 is 0 Å². The molecule has 1 heterocycles. The fourth-order valence-electron chi connectivity index (χ4n) is 0.952. The molecule has 5 nitrogen and oxygen atoms in total. The van der Waals surface area contributed by atoms with Gasteiger partial charge in [0.05, 0.1) is 0 Å². The number of nitrogens with two attached hydrogens (primary N) is 1. The summed E-state index contributed by atoms with van der Waals surface area (Å²) in [5.41, 5.74) is 6.50. The zero-order valence-corrected chi connectivity index (χ0v) is 12.9. The summed E-state index contributed by atoms with van der Waals surface area (Å²) < 4.78 is 0. The molecule has 0 spiro atoms. The lowest BCUT2D eigenvalue weighted by atomic mass is 10.4. The van der Waals surface area contributed by atoms with Gasteiger partial charge in [-0.1, -0.05) is 11.8 Å². The van der Waals surface area contributed by atoms with Gasteiger partial charge in [-0.05, 0) is 13.2 Å². The molecule has 0 saturated heterocycles. The zero-order valence-electron chi connectivity index (χ0n) is 9.76. The van der Waals surface area contributed by atoms with Crippen LogP contribution in [0.5, 0.6) is 0 Å². The highest BCUT2D eigenvalue weighted by Crippen LogP contribution is 2.15. The predicted molar refractivity (Wildman–Crippen MR) is 81.3 cm³/mol. The third kappa shape index (κ3) is 4.52. The van der Waals surface area contributed by atoms with Crippen LogP contribution in [0.3, 0.4) is 0 Å². The topological polar surface area (TPSA) is 67.4 Å². The lowest BCUT2D eigenvalue weighted by Gasteiger charge is -2.10. The molecule has 16 heavy (non-hydrogen) atoms. The minimum atomic E-state index is 0. The molecule has 0 aromatic carbocycles. The second-order valence-electron chi connectivity index (χ2n) is 3.22. The van der Waals surface area contributed by atoms with Crippen LogP contribution >= 0.6 is 35.7 Å². The highest BCUT2D eigenvalue weighted by atomic mass is 127. The molecule has 0 fully saturated rings. The third-order valence-corrected chi connectivity index (χ3v) is 2.17. The number of nitrogens with zero attached hydrogens (tertiary/aromatic N) is 4. The molecule has 7 heteroatoms. The van der Waals surface area contributed by atoms with Gasteiger partial charge in [0.15, 0.2) is 11.0 Å². The molecule has 0 aliphatic carbocycles. The van der Waals surface area contributed by atoms with E-state index in [-0.39, 0.29) is 24.0 Å². The third-order valence-electron chi connectivity index (χ3n) is 1.66. The summed E-state index contributed by atoms with van der Waals surface area (Å²) in [5.74, 6) is 1.24. The van der Waals surface area contributed by atoms with Crippen LogP contribution in [0.25, 0.3) is 0 Å². The van der Waals surface area contributed by atoms with Crippen molar-refractivity contribution in [2.75, 3.05) is 25.3 Å². The molecular weight excluding hydrogens is 337 g/mol. The van der Waals surface area contributed by atoms with Gasteiger partial charge in [0.25, 0.3) is 0 Å². The summed E-state index contributed by atoms with van der Waals surface area (Å²) in [4.78, 5) is 14.5. The van der Waals surface area contributed by atoms with E-state index in [1.165, 1.54) is 11.8 Å². The Kier molecular flexibility index (Phi) is 6.65. The van der Waals surface area contributed by atoms with Crippen molar-refractivity contribution in [3.05, 3.63) is 11.8 Å². The average molecular weight is 353 g/mol. The molecule has 1 rings (SSSR count). The summed E-state index contributed by atoms with van der Waals surface area (Å²) in [6.07, 6.45) is 1.87. The molecule has 0 aliphatic rings. The lowest BCUT2D eigenvalue weighted by Crippen LogP contribution is -2.13. The predicted octanol–water partition coefficient (Wildman–Crippen LogP) is 1.78. The average Bonchev–Trinajstić information content (AvgIpc) is 2.16. The Bertz CT molecular complexity index is 380. The highest BCUT2D eigenvalue weighted by Gasteiger charge is 2.03. The fourth-order valence-corrected chi connectivity index (χ4v) is 1.14. The zero-order chi connectivity index (χ0) is 11.4. The SMILES string of the molecule is CSC(N)=Nc1cc(C)nc(N(C)C)n1.I. The van der Waals surface area contributed by atoms with E-state index >= 15 is 0 Å². The number of halogens is 1. The molecule has 1 aromatic rings. The maximum absolute atomic E-state index is 5.62. The Labute approximate surface area is 117 Å². The first-order valence-corrected chi connectivity index (χ1v) is 5.66. The molecule has 0 amide bonds. The maximum Gasteiger partial charge on any atom is 0.227 e. The van der Waals surface area contributed by atoms with Gasteiger partial charge in [-0.3, -0.25) is 0 Å². The number of amidine groups is 1. The molecular formula is C9H16IN5S. The minimum absolute atomic E-state index is 0. The molecule has 0 saturated carbocycles. The Morgan fingerprint density at radius 1 is 1.44 bits per heavy atom. The molecule has 0 radical (unpaired) electrons.